The summed E-state index contributed by atoms with van der Waals surface area (Å²) >= 11 is 0. The highest BCUT2D eigenvalue weighted by Crippen LogP contribution is 2.06. The first-order chi connectivity index (χ1) is 11.4. The van der Waals surface area contributed by atoms with Crippen LogP contribution in [0, 0.1) is 11.7 Å². The summed E-state index contributed by atoms with van der Waals surface area (Å²) in [6.07, 6.45) is -0.0695. The molecular weight excluding hydrogens is 313 g/mol. The highest BCUT2D eigenvalue weighted by atomic mass is 19.1. The van der Waals surface area contributed by atoms with E-state index >= 15 is 0 Å². The highest BCUT2D eigenvalue weighted by molar-refractivity contribution is 5.92. The molecule has 1 heterocycles. The van der Waals surface area contributed by atoms with Crippen LogP contribution < -0.4 is 10.9 Å². The molecule has 0 fully saturated rings. The van der Waals surface area contributed by atoms with Crippen LogP contribution in [0.4, 0.5) is 4.39 Å². The quantitative estimate of drug-likeness (QED) is 0.839. The van der Waals surface area contributed by atoms with Crippen molar-refractivity contribution in [3.05, 3.63) is 58.3 Å². The number of nitrogens with one attached hydrogen (secondary N) is 1. The van der Waals surface area contributed by atoms with E-state index in [0.717, 1.165) is 4.68 Å². The van der Waals surface area contributed by atoms with Gasteiger partial charge < -0.3 is 10.4 Å². The van der Waals surface area contributed by atoms with E-state index < -0.39 is 23.4 Å². The molecule has 0 aliphatic heterocycles. The normalized spacial score (nSPS) is 12.2. The smallest absolute Gasteiger partial charge is 0.271 e. The number of rotatable bonds is 6. The second kappa shape index (κ2) is 7.83. The molecule has 1 unspecified atom stereocenters. The first-order valence-electron chi connectivity index (χ1n) is 7.69. The molecule has 2 aromatic rings. The van der Waals surface area contributed by atoms with Gasteiger partial charge in [-0.3, -0.25) is 9.59 Å². The van der Waals surface area contributed by atoms with Crippen molar-refractivity contribution in [1.82, 2.24) is 15.1 Å². The van der Waals surface area contributed by atoms with Gasteiger partial charge in [0.1, 0.15) is 11.5 Å². The van der Waals surface area contributed by atoms with Crippen LogP contribution >= 0.6 is 0 Å². The van der Waals surface area contributed by atoms with Crippen molar-refractivity contribution in [3.8, 4) is 5.69 Å². The number of aliphatic hydroxyl groups is 1. The van der Waals surface area contributed by atoms with Gasteiger partial charge in [-0.15, -0.1) is 0 Å². The number of hydrogen-bond donors (Lipinski definition) is 2. The van der Waals surface area contributed by atoms with E-state index in [2.05, 4.69) is 10.4 Å². The molecule has 0 aliphatic carbocycles. The van der Waals surface area contributed by atoms with Crippen molar-refractivity contribution in [3.63, 3.8) is 0 Å². The van der Waals surface area contributed by atoms with E-state index in [4.69, 9.17) is 0 Å². The summed E-state index contributed by atoms with van der Waals surface area (Å²) in [5.74, 6) is -0.607. The van der Waals surface area contributed by atoms with Gasteiger partial charge in [0.2, 0.25) is 0 Å². The lowest BCUT2D eigenvalue weighted by Crippen LogP contribution is -2.34. The number of aliphatic hydroxyl groups excluding tert-OH is 1. The Kier molecular flexibility index (Phi) is 5.81. The molecule has 0 saturated heterocycles. The molecule has 24 heavy (non-hydrogen) atoms. The number of amides is 1. The van der Waals surface area contributed by atoms with Crippen LogP contribution in [-0.2, 0) is 0 Å². The summed E-state index contributed by atoms with van der Waals surface area (Å²) in [4.78, 5) is 24.0. The molecule has 128 valence electrons. The molecule has 0 saturated carbocycles. The first-order valence-corrected chi connectivity index (χ1v) is 7.69. The molecule has 1 amide bonds. The Bertz CT molecular complexity index is 756. The molecule has 6 nitrogen and oxygen atoms in total. The molecule has 0 spiro atoms. The maximum Gasteiger partial charge on any atom is 0.271 e. The fourth-order valence-electron chi connectivity index (χ4n) is 2.23. The van der Waals surface area contributed by atoms with Gasteiger partial charge in [-0.05, 0) is 42.7 Å². The van der Waals surface area contributed by atoms with Crippen LogP contribution in [0.1, 0.15) is 30.8 Å². The van der Waals surface area contributed by atoms with E-state index in [1.165, 1.54) is 36.4 Å². The molecule has 0 radical (unpaired) electrons. The number of carbonyl (C=O) groups is 1. The van der Waals surface area contributed by atoms with Crippen molar-refractivity contribution in [2.45, 2.75) is 26.4 Å². The maximum atomic E-state index is 13.0. The Morgan fingerprint density at radius 3 is 2.54 bits per heavy atom. The van der Waals surface area contributed by atoms with Gasteiger partial charge in [-0.2, -0.15) is 9.78 Å². The molecule has 2 rings (SSSR count). The number of aromatic nitrogens is 2. The third kappa shape index (κ3) is 4.73. The third-order valence-corrected chi connectivity index (χ3v) is 3.35. The lowest BCUT2D eigenvalue weighted by Gasteiger charge is -2.14. The number of benzene rings is 1. The van der Waals surface area contributed by atoms with E-state index in [0.29, 0.717) is 18.0 Å². The van der Waals surface area contributed by atoms with Crippen molar-refractivity contribution in [1.29, 1.82) is 0 Å². The minimum atomic E-state index is -0.642. The molecular formula is C17H20FN3O3. The van der Waals surface area contributed by atoms with Crippen LogP contribution in [-0.4, -0.2) is 33.4 Å². The van der Waals surface area contributed by atoms with E-state index in [9.17, 15) is 19.1 Å². The van der Waals surface area contributed by atoms with Gasteiger partial charge in [0, 0.05) is 12.6 Å². The summed E-state index contributed by atoms with van der Waals surface area (Å²) in [5, 5.41) is 16.4. The van der Waals surface area contributed by atoms with Gasteiger partial charge in [0.05, 0.1) is 11.8 Å². The predicted octanol–water partition coefficient (Wildman–Crippen LogP) is 1.51. The largest absolute Gasteiger partial charge is 0.391 e. The summed E-state index contributed by atoms with van der Waals surface area (Å²) < 4.78 is 14.0. The standard InChI is InChI=1S/C17H20FN3O3/c1-11(2)9-14(22)10-19-17(24)15-7-8-16(23)21(20-15)13-5-3-12(18)4-6-13/h3-8,11,14,22H,9-10H2,1-2H3,(H,19,24). The minimum Gasteiger partial charge on any atom is -0.391 e. The van der Waals surface area contributed by atoms with E-state index in [1.807, 2.05) is 13.8 Å². The van der Waals surface area contributed by atoms with Crippen LogP contribution in [0.2, 0.25) is 0 Å². The number of carbonyl (C=O) groups excluding carboxylic acids is 1. The number of halogens is 1. The zero-order chi connectivity index (χ0) is 17.7. The Morgan fingerprint density at radius 2 is 1.92 bits per heavy atom. The molecule has 1 atom stereocenters. The molecule has 0 aliphatic rings. The highest BCUT2D eigenvalue weighted by Gasteiger charge is 2.13. The first kappa shape index (κ1) is 17.8. The van der Waals surface area contributed by atoms with Gasteiger partial charge >= 0.3 is 0 Å². The molecule has 1 aromatic carbocycles. The number of nitrogens with zero attached hydrogens (tertiary/aromatic N) is 2. The topological polar surface area (TPSA) is 84.2 Å². The lowest BCUT2D eigenvalue weighted by molar-refractivity contribution is 0.0893. The van der Waals surface area contributed by atoms with Crippen LogP contribution in [0.5, 0.6) is 0 Å². The van der Waals surface area contributed by atoms with E-state index in [1.54, 1.807) is 0 Å². The van der Waals surface area contributed by atoms with Crippen LogP contribution in [0.3, 0.4) is 0 Å². The molecule has 2 N–H and O–H groups in total. The van der Waals surface area contributed by atoms with Crippen molar-refractivity contribution >= 4 is 5.91 Å². The monoisotopic (exact) mass is 333 g/mol. The van der Waals surface area contributed by atoms with Crippen LogP contribution in [0.15, 0.2) is 41.2 Å². The second-order valence-corrected chi connectivity index (χ2v) is 5.94. The Morgan fingerprint density at radius 1 is 1.25 bits per heavy atom. The second-order valence-electron chi connectivity index (χ2n) is 5.94. The molecule has 1 aromatic heterocycles. The Labute approximate surface area is 138 Å². The predicted molar refractivity (Wildman–Crippen MR) is 87.6 cm³/mol. The summed E-state index contributed by atoms with van der Waals surface area (Å²) in [6.45, 7) is 4.06. The summed E-state index contributed by atoms with van der Waals surface area (Å²) in [6, 6.07) is 7.74. The van der Waals surface area contributed by atoms with Crippen molar-refractivity contribution < 1.29 is 14.3 Å². The van der Waals surface area contributed by atoms with Gasteiger partial charge in [-0.1, -0.05) is 13.8 Å². The SMILES string of the molecule is CC(C)CC(O)CNC(=O)c1ccc(=O)n(-c2ccc(F)cc2)n1. The minimum absolute atomic E-state index is 0.0377. The Hall–Kier alpha value is -2.54. The van der Waals surface area contributed by atoms with Gasteiger partial charge in [-0.25, -0.2) is 4.39 Å². The average Bonchev–Trinajstić information content (AvgIpc) is 2.53. The summed E-state index contributed by atoms with van der Waals surface area (Å²) in [7, 11) is 0. The van der Waals surface area contributed by atoms with Gasteiger partial charge in [0.15, 0.2) is 0 Å². The fourth-order valence-corrected chi connectivity index (χ4v) is 2.23. The zero-order valence-corrected chi connectivity index (χ0v) is 13.6. The van der Waals surface area contributed by atoms with Crippen molar-refractivity contribution in [2.75, 3.05) is 6.54 Å². The lowest BCUT2D eigenvalue weighted by atomic mass is 10.1. The zero-order valence-electron chi connectivity index (χ0n) is 13.6. The van der Waals surface area contributed by atoms with Gasteiger partial charge in [0.25, 0.3) is 11.5 Å². The van der Waals surface area contributed by atoms with Crippen molar-refractivity contribution in [2.24, 2.45) is 5.92 Å². The molecule has 0 bridgehead atoms. The van der Waals surface area contributed by atoms with E-state index in [-0.39, 0.29) is 12.2 Å². The fraction of sp³-hybridized carbons (Fsp3) is 0.353. The molecule has 7 heteroatoms. The van der Waals surface area contributed by atoms with Crippen LogP contribution in [0.25, 0.3) is 5.69 Å². The maximum absolute atomic E-state index is 13.0. The average molecular weight is 333 g/mol. The number of hydrogen-bond acceptors (Lipinski definition) is 4. The third-order valence-electron chi connectivity index (χ3n) is 3.35. The summed E-state index contributed by atoms with van der Waals surface area (Å²) in [5.41, 5.74) is -0.0374. The Balaban J connectivity index is 2.14.